The number of tetrazole rings is 1. The second-order valence-corrected chi connectivity index (χ2v) is 8.98. The zero-order chi connectivity index (χ0) is 26.6. The lowest BCUT2D eigenvalue weighted by atomic mass is 10.0. The van der Waals surface area contributed by atoms with Gasteiger partial charge >= 0.3 is 0 Å². The van der Waals surface area contributed by atoms with E-state index in [4.69, 9.17) is 14.2 Å². The smallest absolute Gasteiger partial charge is 0.253 e. The number of methoxy groups -OCH3 is 3. The lowest BCUT2D eigenvalue weighted by molar-refractivity contribution is 0.171. The summed E-state index contributed by atoms with van der Waals surface area (Å²) in [5.74, 6) is 1.36. The summed E-state index contributed by atoms with van der Waals surface area (Å²) in [5.41, 5.74) is 1.43. The van der Waals surface area contributed by atoms with Crippen LogP contribution in [0.1, 0.15) is 17.4 Å². The predicted octanol–water partition coefficient (Wildman–Crippen LogP) is 2.23. The number of anilines is 1. The molecule has 5 rings (SSSR count). The van der Waals surface area contributed by atoms with Crippen molar-refractivity contribution in [1.82, 2.24) is 30.1 Å². The van der Waals surface area contributed by atoms with Crippen molar-refractivity contribution in [1.29, 1.82) is 0 Å². The maximum absolute atomic E-state index is 14.4. The molecule has 2 aromatic heterocycles. The van der Waals surface area contributed by atoms with Gasteiger partial charge in [-0.1, -0.05) is 12.1 Å². The molecule has 2 aromatic carbocycles. The number of pyridine rings is 1. The van der Waals surface area contributed by atoms with Gasteiger partial charge in [0.15, 0.2) is 17.3 Å². The van der Waals surface area contributed by atoms with Crippen LogP contribution < -0.4 is 19.9 Å². The monoisotopic (exact) mass is 523 g/mol. The number of hydrogen-bond donors (Lipinski definition) is 1. The van der Waals surface area contributed by atoms with Crippen LogP contribution in [0.2, 0.25) is 0 Å². The van der Waals surface area contributed by atoms with Crippen molar-refractivity contribution < 1.29 is 18.6 Å². The molecule has 0 spiro atoms. The number of fused-ring (bicyclic) bond motifs is 1. The van der Waals surface area contributed by atoms with Crippen LogP contribution in [0.5, 0.6) is 11.5 Å². The summed E-state index contributed by atoms with van der Waals surface area (Å²) in [5, 5.41) is 13.2. The maximum Gasteiger partial charge on any atom is 0.253 e. The second kappa shape index (κ2) is 11.2. The fraction of sp³-hybridized carbons (Fsp3) is 0.385. The Morgan fingerprint density at radius 2 is 1.76 bits per heavy atom. The number of benzene rings is 2. The number of para-hydroxylation sites is 1. The first-order valence-corrected chi connectivity index (χ1v) is 12.3. The highest BCUT2D eigenvalue weighted by Crippen LogP contribution is 2.34. The lowest BCUT2D eigenvalue weighted by Gasteiger charge is -2.39. The van der Waals surface area contributed by atoms with Crippen LogP contribution in [0.25, 0.3) is 10.9 Å². The van der Waals surface area contributed by atoms with Crippen molar-refractivity contribution in [3.8, 4) is 11.5 Å². The number of nitrogens with zero attached hydrogens (tertiary/aromatic N) is 6. The summed E-state index contributed by atoms with van der Waals surface area (Å²) < 4.78 is 32.2. The predicted molar refractivity (Wildman–Crippen MR) is 139 cm³/mol. The second-order valence-electron chi connectivity index (χ2n) is 8.98. The molecule has 1 saturated heterocycles. The Kier molecular flexibility index (Phi) is 7.52. The Bertz CT molecular complexity index is 1470. The molecule has 11 nitrogen and oxygen atoms in total. The van der Waals surface area contributed by atoms with E-state index in [0.29, 0.717) is 73.4 Å². The number of halogens is 1. The molecule has 200 valence electrons. The summed E-state index contributed by atoms with van der Waals surface area (Å²) in [4.78, 5) is 20.7. The Hall–Kier alpha value is -4.03. The highest BCUT2D eigenvalue weighted by molar-refractivity contribution is 5.83. The first-order chi connectivity index (χ1) is 18.5. The van der Waals surface area contributed by atoms with Crippen molar-refractivity contribution in [2.24, 2.45) is 0 Å². The SMILES string of the molecule is COCCn1nnnc1[C@H](c1cc2cc(OC)c(OC)cc2[nH]c1=O)N1CCN(c2ccccc2F)CC1. The molecule has 1 aliphatic heterocycles. The van der Waals surface area contributed by atoms with E-state index in [1.807, 2.05) is 23.1 Å². The number of hydrogen-bond acceptors (Lipinski definition) is 9. The van der Waals surface area contributed by atoms with Gasteiger partial charge in [-0.05, 0) is 34.7 Å². The van der Waals surface area contributed by atoms with Crippen LogP contribution >= 0.6 is 0 Å². The normalized spacial score (nSPS) is 15.1. The number of nitrogens with one attached hydrogen (secondary N) is 1. The fourth-order valence-electron chi connectivity index (χ4n) is 4.93. The standard InChI is InChI=1S/C26H30FN7O4/c1-36-13-12-34-25(29-30-31-34)24(33-10-8-32(9-11-33)21-7-5-4-6-19(21)27)18-14-17-15-22(37-2)23(38-3)16-20(17)28-26(18)35/h4-7,14-16,24H,8-13H2,1-3H3,(H,28,35)/t24-/m0/s1. The highest BCUT2D eigenvalue weighted by Gasteiger charge is 2.33. The Balaban J connectivity index is 1.55. The van der Waals surface area contributed by atoms with Gasteiger partial charge in [-0.15, -0.1) is 5.10 Å². The van der Waals surface area contributed by atoms with E-state index in [0.717, 1.165) is 5.39 Å². The van der Waals surface area contributed by atoms with Crippen LogP contribution in [0.15, 0.2) is 47.3 Å². The Labute approximate surface area is 218 Å². The highest BCUT2D eigenvalue weighted by atomic mass is 19.1. The number of rotatable bonds is 9. The van der Waals surface area contributed by atoms with E-state index in [1.54, 1.807) is 44.2 Å². The average molecular weight is 524 g/mol. The number of ether oxygens (including phenoxy) is 3. The molecule has 0 bridgehead atoms. The minimum Gasteiger partial charge on any atom is -0.493 e. The van der Waals surface area contributed by atoms with Gasteiger partial charge in [0.2, 0.25) is 0 Å². The largest absolute Gasteiger partial charge is 0.493 e. The van der Waals surface area contributed by atoms with Crippen molar-refractivity contribution in [3.63, 3.8) is 0 Å². The van der Waals surface area contributed by atoms with Gasteiger partial charge in [0, 0.05) is 50.3 Å². The summed E-state index contributed by atoms with van der Waals surface area (Å²) in [7, 11) is 4.73. The van der Waals surface area contributed by atoms with Crippen LogP contribution in [0.3, 0.4) is 0 Å². The van der Waals surface area contributed by atoms with Gasteiger partial charge in [-0.2, -0.15) is 0 Å². The Morgan fingerprint density at radius 3 is 2.47 bits per heavy atom. The summed E-state index contributed by atoms with van der Waals surface area (Å²) in [6, 6.07) is 11.6. The van der Waals surface area contributed by atoms with Gasteiger partial charge in [0.1, 0.15) is 11.9 Å². The first kappa shape index (κ1) is 25.6. The van der Waals surface area contributed by atoms with Gasteiger partial charge in [-0.3, -0.25) is 9.69 Å². The van der Waals surface area contributed by atoms with Crippen molar-refractivity contribution in [3.05, 3.63) is 70.0 Å². The van der Waals surface area contributed by atoms with E-state index in [1.165, 1.54) is 6.07 Å². The van der Waals surface area contributed by atoms with Crippen molar-refractivity contribution >= 4 is 16.6 Å². The molecule has 0 unspecified atom stereocenters. The molecular formula is C26H30FN7O4. The van der Waals surface area contributed by atoms with Crippen LogP contribution in [0.4, 0.5) is 10.1 Å². The third-order valence-corrected chi connectivity index (χ3v) is 6.86. The van der Waals surface area contributed by atoms with Gasteiger partial charge in [-0.25, -0.2) is 9.07 Å². The molecule has 0 amide bonds. The zero-order valence-corrected chi connectivity index (χ0v) is 21.6. The minimum atomic E-state index is -0.536. The molecule has 4 aromatic rings. The molecule has 0 saturated carbocycles. The van der Waals surface area contributed by atoms with E-state index in [9.17, 15) is 9.18 Å². The zero-order valence-electron chi connectivity index (χ0n) is 21.6. The number of aromatic amines is 1. The molecule has 1 N–H and O–H groups in total. The molecule has 1 atom stereocenters. The summed E-state index contributed by atoms with van der Waals surface area (Å²) in [6.07, 6.45) is 0. The minimum absolute atomic E-state index is 0.253. The molecular weight excluding hydrogens is 493 g/mol. The Morgan fingerprint density at radius 1 is 1.03 bits per heavy atom. The first-order valence-electron chi connectivity index (χ1n) is 12.3. The van der Waals surface area contributed by atoms with Gasteiger partial charge in [0.25, 0.3) is 5.56 Å². The van der Waals surface area contributed by atoms with Crippen LogP contribution in [-0.4, -0.2) is 84.2 Å². The number of aromatic nitrogens is 5. The van der Waals surface area contributed by atoms with E-state index < -0.39 is 6.04 Å². The quantitative estimate of drug-likeness (QED) is 0.353. The molecule has 0 radical (unpaired) electrons. The maximum atomic E-state index is 14.4. The third kappa shape index (κ3) is 4.92. The lowest BCUT2D eigenvalue weighted by Crippen LogP contribution is -2.49. The van der Waals surface area contributed by atoms with E-state index in [2.05, 4.69) is 25.4 Å². The fourth-order valence-corrected chi connectivity index (χ4v) is 4.93. The number of piperazine rings is 1. The van der Waals surface area contributed by atoms with Crippen LogP contribution in [0, 0.1) is 5.82 Å². The average Bonchev–Trinajstić information content (AvgIpc) is 3.40. The van der Waals surface area contributed by atoms with E-state index >= 15 is 0 Å². The van der Waals surface area contributed by atoms with Crippen molar-refractivity contribution in [2.75, 3.05) is 59.0 Å². The summed E-state index contributed by atoms with van der Waals surface area (Å²) >= 11 is 0. The molecule has 1 fully saturated rings. The molecule has 38 heavy (non-hydrogen) atoms. The topological polar surface area (TPSA) is 111 Å². The van der Waals surface area contributed by atoms with Gasteiger partial charge < -0.3 is 24.1 Å². The van der Waals surface area contributed by atoms with Crippen molar-refractivity contribution in [2.45, 2.75) is 12.6 Å². The number of H-pyrrole nitrogens is 1. The van der Waals surface area contributed by atoms with Gasteiger partial charge in [0.05, 0.1) is 38.6 Å². The summed E-state index contributed by atoms with van der Waals surface area (Å²) in [6.45, 7) is 3.14. The van der Waals surface area contributed by atoms with E-state index in [-0.39, 0.29) is 11.4 Å². The molecule has 12 heteroatoms. The molecule has 1 aliphatic rings. The third-order valence-electron chi connectivity index (χ3n) is 6.86. The molecule has 0 aliphatic carbocycles. The molecule has 3 heterocycles. The van der Waals surface area contributed by atoms with Crippen LogP contribution in [-0.2, 0) is 11.3 Å².